The molecule has 7 nitrogen and oxygen atoms in total. The van der Waals surface area contributed by atoms with Gasteiger partial charge in [0.15, 0.2) is 0 Å². The molecule has 8 heteroatoms. The topological polar surface area (TPSA) is 89.9 Å². The van der Waals surface area contributed by atoms with E-state index in [-0.39, 0.29) is 23.8 Å². The van der Waals surface area contributed by atoms with Crippen LogP contribution in [0.5, 0.6) is 0 Å². The first-order valence-electron chi connectivity index (χ1n) is 9.29. The summed E-state index contributed by atoms with van der Waals surface area (Å²) in [6.07, 6.45) is 3.74. The van der Waals surface area contributed by atoms with Gasteiger partial charge in [0.2, 0.25) is 0 Å². The molecule has 28 heavy (non-hydrogen) atoms. The molecule has 1 aromatic rings. The molecule has 0 radical (unpaired) electrons. The van der Waals surface area contributed by atoms with Crippen molar-refractivity contribution in [2.75, 3.05) is 0 Å². The van der Waals surface area contributed by atoms with E-state index < -0.39 is 17.8 Å². The summed E-state index contributed by atoms with van der Waals surface area (Å²) in [6.45, 7) is 8.78. The lowest BCUT2D eigenvalue weighted by atomic mass is 9.74. The van der Waals surface area contributed by atoms with Crippen molar-refractivity contribution >= 4 is 35.1 Å². The number of isothiocyanates is 1. The van der Waals surface area contributed by atoms with Gasteiger partial charge in [0.25, 0.3) is 0 Å². The predicted octanol–water partition coefficient (Wildman–Crippen LogP) is 4.15. The molecular formula is C20H27N3O4S. The Bertz CT molecular complexity index is 771. The average Bonchev–Trinajstić information content (AvgIpc) is 2.56. The summed E-state index contributed by atoms with van der Waals surface area (Å²) in [6, 6.07) is 1.52. The number of hydrogen-bond donors (Lipinski definition) is 1. The van der Waals surface area contributed by atoms with Crippen LogP contribution < -0.4 is 5.32 Å². The van der Waals surface area contributed by atoms with E-state index in [9.17, 15) is 9.59 Å². The molecular weight excluding hydrogens is 378 g/mol. The van der Waals surface area contributed by atoms with Crippen LogP contribution in [-0.2, 0) is 14.3 Å². The Balaban J connectivity index is 2.28. The molecule has 152 valence electrons. The zero-order chi connectivity index (χ0) is 20.9. The second-order valence-corrected chi connectivity index (χ2v) is 8.29. The van der Waals surface area contributed by atoms with Crippen molar-refractivity contribution < 1.29 is 19.1 Å². The Morgan fingerprint density at radius 2 is 2.07 bits per heavy atom. The zero-order valence-electron chi connectivity index (χ0n) is 16.9. The van der Waals surface area contributed by atoms with Crippen molar-refractivity contribution in [3.63, 3.8) is 0 Å². The molecule has 0 aromatic carbocycles. The van der Waals surface area contributed by atoms with Crippen molar-refractivity contribution in [2.45, 2.75) is 71.1 Å². The van der Waals surface area contributed by atoms with Gasteiger partial charge in [-0.25, -0.2) is 4.79 Å². The van der Waals surface area contributed by atoms with Crippen LogP contribution in [0.2, 0.25) is 0 Å². The molecule has 0 spiro atoms. The number of hydrogen-bond acceptors (Lipinski definition) is 7. The minimum absolute atomic E-state index is 0.0278. The fourth-order valence-electron chi connectivity index (χ4n) is 3.64. The van der Waals surface area contributed by atoms with Gasteiger partial charge >= 0.3 is 12.1 Å². The number of nitrogens with zero attached hydrogens (tertiary/aromatic N) is 2. The van der Waals surface area contributed by atoms with Crippen LogP contribution in [0, 0.1) is 5.92 Å². The normalized spacial score (nSPS) is 24.6. The van der Waals surface area contributed by atoms with Crippen LogP contribution in [0.25, 0.3) is 0 Å². The van der Waals surface area contributed by atoms with Crippen molar-refractivity contribution in [1.82, 2.24) is 10.3 Å². The van der Waals surface area contributed by atoms with E-state index in [0.717, 1.165) is 12.0 Å². The summed E-state index contributed by atoms with van der Waals surface area (Å²) in [5, 5.41) is 5.28. The standard InChI is InChI=1S/C20H27N3O4S/c1-12-8-14(15-6-7-21-10-17(15)22-11-28)9-16(18(12)26-13(2)24)23-19(25)27-20(3,4)5/h6-7,10,12,14,16,18H,8-9H2,1-5H3,(H,23,25)/t12-,14+,16-,18+/m0/s1. The van der Waals surface area contributed by atoms with E-state index in [2.05, 4.69) is 20.5 Å². The van der Waals surface area contributed by atoms with Gasteiger partial charge in [0, 0.05) is 13.1 Å². The van der Waals surface area contributed by atoms with E-state index in [4.69, 9.17) is 21.7 Å². The second kappa shape index (κ2) is 9.26. The van der Waals surface area contributed by atoms with Gasteiger partial charge in [0.1, 0.15) is 11.7 Å². The first-order chi connectivity index (χ1) is 13.1. The smallest absolute Gasteiger partial charge is 0.408 e. The van der Waals surface area contributed by atoms with E-state index in [1.807, 2.05) is 13.0 Å². The highest BCUT2D eigenvalue weighted by Crippen LogP contribution is 2.41. The molecule has 0 bridgehead atoms. The SMILES string of the molecule is CC(=O)O[C@H]1[C@@H](NC(=O)OC(C)(C)C)C[C@H](c2ccncc2N=C=S)C[C@@H]1C. The van der Waals surface area contributed by atoms with Crippen molar-refractivity contribution in [3.05, 3.63) is 24.0 Å². The Morgan fingerprint density at radius 3 is 2.68 bits per heavy atom. The zero-order valence-corrected chi connectivity index (χ0v) is 17.7. The molecule has 4 atom stereocenters. The van der Waals surface area contributed by atoms with Gasteiger partial charge in [-0.2, -0.15) is 4.99 Å². The highest BCUT2D eigenvalue weighted by molar-refractivity contribution is 7.78. The molecule has 1 aliphatic rings. The molecule has 1 amide bonds. The van der Waals surface area contributed by atoms with E-state index in [1.54, 1.807) is 33.2 Å². The molecule has 1 aromatic heterocycles. The third-order valence-electron chi connectivity index (χ3n) is 4.60. The summed E-state index contributed by atoms with van der Waals surface area (Å²) >= 11 is 4.74. The Labute approximate surface area is 170 Å². The number of amides is 1. The number of aliphatic imine (C=N–C) groups is 1. The van der Waals surface area contributed by atoms with Crippen LogP contribution in [0.3, 0.4) is 0 Å². The van der Waals surface area contributed by atoms with Crippen molar-refractivity contribution in [1.29, 1.82) is 0 Å². The number of carbonyl (C=O) groups excluding carboxylic acids is 2. The highest BCUT2D eigenvalue weighted by atomic mass is 32.1. The van der Waals surface area contributed by atoms with Gasteiger partial charge < -0.3 is 14.8 Å². The van der Waals surface area contributed by atoms with Crippen LogP contribution >= 0.6 is 12.2 Å². The summed E-state index contributed by atoms with van der Waals surface area (Å²) in [7, 11) is 0. The largest absolute Gasteiger partial charge is 0.460 e. The van der Waals surface area contributed by atoms with Gasteiger partial charge in [-0.1, -0.05) is 6.92 Å². The van der Waals surface area contributed by atoms with Gasteiger partial charge in [-0.3, -0.25) is 9.78 Å². The van der Waals surface area contributed by atoms with Gasteiger partial charge in [-0.15, -0.1) is 0 Å². The van der Waals surface area contributed by atoms with E-state index >= 15 is 0 Å². The lowest BCUT2D eigenvalue weighted by molar-refractivity contribution is -0.152. The van der Waals surface area contributed by atoms with Crippen LogP contribution in [0.4, 0.5) is 10.5 Å². The van der Waals surface area contributed by atoms with Crippen LogP contribution in [-0.4, -0.2) is 40.0 Å². The first kappa shape index (κ1) is 22.0. The highest BCUT2D eigenvalue weighted by Gasteiger charge is 2.40. The lowest BCUT2D eigenvalue weighted by Crippen LogP contribution is -2.52. The maximum atomic E-state index is 12.4. The number of carbonyl (C=O) groups is 2. The average molecular weight is 406 g/mol. The monoisotopic (exact) mass is 405 g/mol. The summed E-state index contributed by atoms with van der Waals surface area (Å²) in [5.74, 6) is -0.256. The third-order valence-corrected chi connectivity index (χ3v) is 4.69. The number of aromatic nitrogens is 1. The number of rotatable bonds is 4. The summed E-state index contributed by atoms with van der Waals surface area (Å²) < 4.78 is 10.9. The number of ether oxygens (including phenoxy) is 2. The quantitative estimate of drug-likeness (QED) is 0.460. The Kier molecular flexibility index (Phi) is 7.27. The fourth-order valence-corrected chi connectivity index (χ4v) is 3.74. The van der Waals surface area contributed by atoms with Crippen LogP contribution in [0.15, 0.2) is 23.5 Å². The molecule has 0 saturated heterocycles. The molecule has 1 heterocycles. The van der Waals surface area contributed by atoms with Crippen LogP contribution in [0.1, 0.15) is 58.9 Å². The fraction of sp³-hybridized carbons (Fsp3) is 0.600. The molecule has 1 saturated carbocycles. The number of nitrogens with one attached hydrogen (secondary N) is 1. The van der Waals surface area contributed by atoms with Gasteiger partial charge in [0.05, 0.1) is 23.1 Å². The number of pyridine rings is 1. The molecule has 0 aliphatic heterocycles. The van der Waals surface area contributed by atoms with Crippen molar-refractivity contribution in [2.24, 2.45) is 10.9 Å². The molecule has 1 fully saturated rings. The third kappa shape index (κ3) is 6.11. The summed E-state index contributed by atoms with van der Waals surface area (Å²) in [5.41, 5.74) is 1.03. The second-order valence-electron chi connectivity index (χ2n) is 8.11. The predicted molar refractivity (Wildman–Crippen MR) is 109 cm³/mol. The number of thiocarbonyl (C=S) groups is 1. The lowest BCUT2D eigenvalue weighted by Gasteiger charge is -2.40. The summed E-state index contributed by atoms with van der Waals surface area (Å²) in [4.78, 5) is 32.2. The van der Waals surface area contributed by atoms with Gasteiger partial charge in [-0.05, 0) is 69.3 Å². The Hall–Kier alpha value is -2.31. The minimum Gasteiger partial charge on any atom is -0.460 e. The first-order valence-corrected chi connectivity index (χ1v) is 9.70. The van der Waals surface area contributed by atoms with E-state index in [0.29, 0.717) is 12.1 Å². The molecule has 1 N–H and O–H groups in total. The Morgan fingerprint density at radius 1 is 1.36 bits per heavy atom. The minimum atomic E-state index is -0.618. The maximum Gasteiger partial charge on any atom is 0.408 e. The maximum absolute atomic E-state index is 12.4. The molecule has 1 aliphatic carbocycles. The molecule has 0 unspecified atom stereocenters. The van der Waals surface area contributed by atoms with E-state index in [1.165, 1.54) is 6.92 Å². The number of alkyl carbamates (subject to hydrolysis) is 1. The van der Waals surface area contributed by atoms with Crippen molar-refractivity contribution in [3.8, 4) is 0 Å². The molecule has 2 rings (SSSR count). The number of esters is 1.